The van der Waals surface area contributed by atoms with Crippen molar-refractivity contribution in [1.29, 1.82) is 0 Å². The van der Waals surface area contributed by atoms with Gasteiger partial charge in [-0.05, 0) is 87.7 Å². The van der Waals surface area contributed by atoms with Gasteiger partial charge in [0.05, 0.1) is 6.61 Å². The van der Waals surface area contributed by atoms with Gasteiger partial charge < -0.3 is 19.7 Å². The first-order valence-corrected chi connectivity index (χ1v) is 13.2. The van der Waals surface area contributed by atoms with E-state index in [-0.39, 0.29) is 5.91 Å². The summed E-state index contributed by atoms with van der Waals surface area (Å²) < 4.78 is 12.2. The van der Waals surface area contributed by atoms with Crippen molar-refractivity contribution in [3.8, 4) is 5.75 Å². The zero-order valence-electron chi connectivity index (χ0n) is 21.8. The average Bonchev–Trinajstić information content (AvgIpc) is 3.04. The number of carbonyl (C=O) groups excluding carboxylic acids is 1. The molecular formula is C28H48N2O3. The Labute approximate surface area is 202 Å². The Morgan fingerprint density at radius 1 is 0.970 bits per heavy atom. The molecule has 0 aliphatic carbocycles. The molecule has 1 aromatic carbocycles. The molecule has 1 amide bonds. The van der Waals surface area contributed by atoms with Crippen LogP contribution in [0.15, 0.2) is 24.3 Å². The smallest absolute Gasteiger partial charge is 0.256 e. The summed E-state index contributed by atoms with van der Waals surface area (Å²) in [4.78, 5) is 16.0. The van der Waals surface area contributed by atoms with Crippen LogP contribution in [0.5, 0.6) is 5.75 Å². The Hall–Kier alpha value is -1.59. The van der Waals surface area contributed by atoms with Crippen molar-refractivity contribution in [2.45, 2.75) is 91.6 Å². The van der Waals surface area contributed by atoms with Crippen LogP contribution in [0.3, 0.4) is 0 Å². The summed E-state index contributed by atoms with van der Waals surface area (Å²) in [5.74, 6) is 1.55. The third kappa shape index (κ3) is 10.1. The monoisotopic (exact) mass is 460 g/mol. The maximum absolute atomic E-state index is 13.4. The summed E-state index contributed by atoms with van der Waals surface area (Å²) in [6.07, 6.45) is 8.77. The molecule has 1 saturated heterocycles. The molecule has 1 fully saturated rings. The van der Waals surface area contributed by atoms with Crippen LogP contribution >= 0.6 is 0 Å². The SMILES string of the molecule is CCCOC(CC(C)C)(CC(C)C)C(=O)Nc1ccc(OCCCN2CCCCCC2)cc1. The Balaban J connectivity index is 1.90. The lowest BCUT2D eigenvalue weighted by Gasteiger charge is -2.35. The van der Waals surface area contributed by atoms with Gasteiger partial charge in [-0.2, -0.15) is 0 Å². The first-order chi connectivity index (χ1) is 15.8. The van der Waals surface area contributed by atoms with Crippen LogP contribution in [0.4, 0.5) is 5.69 Å². The number of nitrogens with zero attached hydrogens (tertiary/aromatic N) is 1. The molecule has 0 radical (unpaired) electrons. The second kappa shape index (κ2) is 14.6. The second-order valence-electron chi connectivity index (χ2n) is 10.5. The normalized spacial score (nSPS) is 15.6. The number of ether oxygens (including phenoxy) is 2. The van der Waals surface area contributed by atoms with E-state index in [0.29, 0.717) is 18.4 Å². The summed E-state index contributed by atoms with van der Waals surface area (Å²) in [6, 6.07) is 7.75. The van der Waals surface area contributed by atoms with Crippen molar-refractivity contribution >= 4 is 11.6 Å². The van der Waals surface area contributed by atoms with Crippen molar-refractivity contribution in [3.05, 3.63) is 24.3 Å². The highest BCUT2D eigenvalue weighted by Gasteiger charge is 2.40. The third-order valence-corrected chi connectivity index (χ3v) is 6.17. The highest BCUT2D eigenvalue weighted by atomic mass is 16.5. The number of benzene rings is 1. The van der Waals surface area contributed by atoms with E-state index in [0.717, 1.165) is 50.3 Å². The van der Waals surface area contributed by atoms with Crippen LogP contribution < -0.4 is 10.1 Å². The van der Waals surface area contributed by atoms with Crippen LogP contribution in [-0.2, 0) is 9.53 Å². The van der Waals surface area contributed by atoms with Gasteiger partial charge in [0.15, 0.2) is 0 Å². The third-order valence-electron chi connectivity index (χ3n) is 6.17. The summed E-state index contributed by atoms with van der Waals surface area (Å²) in [6.45, 7) is 15.6. The van der Waals surface area contributed by atoms with Crippen molar-refractivity contribution in [2.24, 2.45) is 11.8 Å². The van der Waals surface area contributed by atoms with E-state index in [2.05, 4.69) is 44.8 Å². The Morgan fingerprint density at radius 2 is 1.58 bits per heavy atom. The van der Waals surface area contributed by atoms with Crippen LogP contribution in [0.2, 0.25) is 0 Å². The number of rotatable bonds is 14. The zero-order valence-corrected chi connectivity index (χ0v) is 21.8. The number of amides is 1. The lowest BCUT2D eigenvalue weighted by atomic mass is 9.83. The van der Waals surface area contributed by atoms with E-state index in [1.54, 1.807) is 0 Å². The highest BCUT2D eigenvalue weighted by molar-refractivity contribution is 5.97. The molecule has 1 aromatic rings. The second-order valence-corrected chi connectivity index (χ2v) is 10.5. The van der Waals surface area contributed by atoms with Gasteiger partial charge in [0.1, 0.15) is 11.4 Å². The van der Waals surface area contributed by atoms with Gasteiger partial charge in [0, 0.05) is 18.8 Å². The topological polar surface area (TPSA) is 50.8 Å². The zero-order chi connectivity index (χ0) is 24.1. The van der Waals surface area contributed by atoms with Crippen molar-refractivity contribution in [2.75, 3.05) is 38.2 Å². The summed E-state index contributed by atoms with van der Waals surface area (Å²) in [7, 11) is 0. The van der Waals surface area contributed by atoms with Crippen molar-refractivity contribution < 1.29 is 14.3 Å². The quantitative estimate of drug-likeness (QED) is 0.321. The fourth-order valence-electron chi connectivity index (χ4n) is 4.79. The van der Waals surface area contributed by atoms with Gasteiger partial charge in [0.2, 0.25) is 0 Å². The standard InChI is InChI=1S/C28H48N2O3/c1-6-19-33-28(21-23(2)3,22-24(4)5)27(31)29-25-12-14-26(15-13-25)32-20-11-18-30-16-9-7-8-10-17-30/h12-15,23-24H,6-11,16-22H2,1-5H3,(H,29,31). The molecule has 33 heavy (non-hydrogen) atoms. The first-order valence-electron chi connectivity index (χ1n) is 13.2. The van der Waals surface area contributed by atoms with Crippen LogP contribution in [-0.4, -0.2) is 49.3 Å². The van der Waals surface area contributed by atoms with Gasteiger partial charge in [-0.3, -0.25) is 4.79 Å². The number of anilines is 1. The average molecular weight is 461 g/mol. The first kappa shape index (κ1) is 27.7. The lowest BCUT2D eigenvalue weighted by molar-refractivity contribution is -0.147. The van der Waals surface area contributed by atoms with E-state index < -0.39 is 5.60 Å². The molecule has 0 atom stereocenters. The van der Waals surface area contributed by atoms with Gasteiger partial charge in [-0.1, -0.05) is 47.5 Å². The maximum Gasteiger partial charge on any atom is 0.256 e. The van der Waals surface area contributed by atoms with E-state index >= 15 is 0 Å². The van der Waals surface area contributed by atoms with Gasteiger partial charge >= 0.3 is 0 Å². The predicted octanol–water partition coefficient (Wildman–Crippen LogP) is 6.53. The molecule has 0 spiro atoms. The fraction of sp³-hybridized carbons (Fsp3) is 0.750. The van der Waals surface area contributed by atoms with Crippen molar-refractivity contribution in [3.63, 3.8) is 0 Å². The fourth-order valence-corrected chi connectivity index (χ4v) is 4.79. The van der Waals surface area contributed by atoms with E-state index in [1.807, 2.05) is 24.3 Å². The largest absolute Gasteiger partial charge is 0.494 e. The van der Waals surface area contributed by atoms with Crippen LogP contribution in [0, 0.1) is 11.8 Å². The molecule has 1 N–H and O–H groups in total. The molecule has 1 aliphatic rings. The molecule has 2 rings (SSSR count). The number of nitrogens with one attached hydrogen (secondary N) is 1. The Kier molecular flexibility index (Phi) is 12.3. The predicted molar refractivity (Wildman–Crippen MR) is 138 cm³/mol. The minimum Gasteiger partial charge on any atom is -0.494 e. The minimum absolute atomic E-state index is 0.0375. The van der Waals surface area contributed by atoms with Crippen molar-refractivity contribution in [1.82, 2.24) is 4.90 Å². The number of hydrogen-bond acceptors (Lipinski definition) is 4. The van der Waals surface area contributed by atoms with Gasteiger partial charge in [0.25, 0.3) is 5.91 Å². The molecule has 5 heteroatoms. The number of likely N-dealkylation sites (tertiary alicyclic amines) is 1. The number of hydrogen-bond donors (Lipinski definition) is 1. The maximum atomic E-state index is 13.4. The Morgan fingerprint density at radius 3 is 2.12 bits per heavy atom. The van der Waals surface area contributed by atoms with Gasteiger partial charge in [-0.15, -0.1) is 0 Å². The van der Waals surface area contributed by atoms with Crippen LogP contribution in [0.25, 0.3) is 0 Å². The molecule has 188 valence electrons. The van der Waals surface area contributed by atoms with E-state index in [4.69, 9.17) is 9.47 Å². The molecule has 1 aliphatic heterocycles. The molecule has 0 aromatic heterocycles. The lowest BCUT2D eigenvalue weighted by Crippen LogP contribution is -2.47. The number of carbonyl (C=O) groups is 1. The summed E-state index contributed by atoms with van der Waals surface area (Å²) in [5, 5.41) is 3.12. The molecule has 5 nitrogen and oxygen atoms in total. The Bertz CT molecular complexity index is 654. The summed E-state index contributed by atoms with van der Waals surface area (Å²) >= 11 is 0. The van der Waals surface area contributed by atoms with Crippen LogP contribution in [0.1, 0.15) is 86.0 Å². The molecule has 0 unspecified atom stereocenters. The molecule has 0 bridgehead atoms. The molecule has 1 heterocycles. The highest BCUT2D eigenvalue weighted by Crippen LogP contribution is 2.31. The minimum atomic E-state index is -0.791. The van der Waals surface area contributed by atoms with E-state index in [1.165, 1.54) is 38.8 Å². The van der Waals surface area contributed by atoms with E-state index in [9.17, 15) is 4.79 Å². The summed E-state index contributed by atoms with van der Waals surface area (Å²) in [5.41, 5.74) is -0.00481. The molecular weight excluding hydrogens is 412 g/mol. The molecule has 0 saturated carbocycles. The van der Waals surface area contributed by atoms with Gasteiger partial charge in [-0.25, -0.2) is 0 Å².